The fraction of sp³-hybridized carbons (Fsp3) is 0.429. The third-order valence-electron chi connectivity index (χ3n) is 1.68. The van der Waals surface area contributed by atoms with Crippen LogP contribution in [0.2, 0.25) is 0 Å². The van der Waals surface area contributed by atoms with E-state index >= 15 is 0 Å². The Morgan fingerprint density at radius 1 is 1.75 bits per heavy atom. The predicted octanol–water partition coefficient (Wildman–Crippen LogP) is 1.42. The van der Waals surface area contributed by atoms with Crippen molar-refractivity contribution in [2.24, 2.45) is 0 Å². The van der Waals surface area contributed by atoms with Crippen molar-refractivity contribution in [2.75, 3.05) is 5.32 Å². The van der Waals surface area contributed by atoms with Crippen LogP contribution in [-0.4, -0.2) is 22.1 Å². The highest BCUT2D eigenvalue weighted by Gasteiger charge is 2.24. The first-order valence-corrected chi connectivity index (χ1v) is 4.58. The number of carbonyl (C=O) groups is 1. The maximum Gasteiger partial charge on any atom is 0.357 e. The second kappa shape index (κ2) is 2.75. The van der Waals surface area contributed by atoms with E-state index in [9.17, 15) is 4.79 Å². The van der Waals surface area contributed by atoms with Crippen molar-refractivity contribution >= 4 is 22.3 Å². The number of hydrogen-bond donors (Lipinski definition) is 2. The molecule has 0 aliphatic heterocycles. The van der Waals surface area contributed by atoms with E-state index < -0.39 is 5.97 Å². The third-order valence-corrected chi connectivity index (χ3v) is 2.44. The van der Waals surface area contributed by atoms with Gasteiger partial charge in [0.25, 0.3) is 0 Å². The zero-order valence-electron chi connectivity index (χ0n) is 6.28. The molecular weight excluding hydrogens is 176 g/mol. The molecule has 0 atom stereocenters. The molecule has 1 aromatic heterocycles. The molecule has 1 aliphatic rings. The Balaban J connectivity index is 2.17. The summed E-state index contributed by atoms with van der Waals surface area (Å²) in [4.78, 5) is 14.3. The Morgan fingerprint density at radius 2 is 2.50 bits per heavy atom. The second-order valence-electron chi connectivity index (χ2n) is 2.75. The van der Waals surface area contributed by atoms with Crippen molar-refractivity contribution in [1.29, 1.82) is 0 Å². The molecular formula is C7H8N2O2S. The Hall–Kier alpha value is -1.10. The summed E-state index contributed by atoms with van der Waals surface area (Å²) < 4.78 is 0. The molecule has 0 bridgehead atoms. The van der Waals surface area contributed by atoms with Gasteiger partial charge in [-0.3, -0.25) is 0 Å². The van der Waals surface area contributed by atoms with Crippen molar-refractivity contribution in [3.63, 3.8) is 0 Å². The van der Waals surface area contributed by atoms with Crippen LogP contribution in [0.5, 0.6) is 0 Å². The van der Waals surface area contributed by atoms with Gasteiger partial charge in [-0.15, -0.1) is 11.3 Å². The molecule has 0 amide bonds. The maximum atomic E-state index is 10.6. The van der Waals surface area contributed by atoms with E-state index in [2.05, 4.69) is 10.3 Å². The molecule has 12 heavy (non-hydrogen) atoms. The second-order valence-corrected chi connectivity index (χ2v) is 3.61. The van der Waals surface area contributed by atoms with E-state index in [1.807, 2.05) is 0 Å². The number of anilines is 1. The van der Waals surface area contributed by atoms with Gasteiger partial charge in [-0.1, -0.05) is 0 Å². The molecule has 4 nitrogen and oxygen atoms in total. The molecule has 0 saturated heterocycles. The fourth-order valence-electron chi connectivity index (χ4n) is 0.914. The molecule has 1 aliphatic carbocycles. The van der Waals surface area contributed by atoms with Gasteiger partial charge in [-0.2, -0.15) is 0 Å². The fourth-order valence-corrected chi connectivity index (χ4v) is 1.66. The monoisotopic (exact) mass is 184 g/mol. The average Bonchev–Trinajstić information content (AvgIpc) is 2.66. The molecule has 0 aromatic carbocycles. The molecule has 2 N–H and O–H groups in total. The van der Waals surface area contributed by atoms with Gasteiger partial charge in [-0.05, 0) is 12.8 Å². The van der Waals surface area contributed by atoms with E-state index in [1.54, 1.807) is 5.51 Å². The lowest BCUT2D eigenvalue weighted by atomic mass is 10.4. The number of nitrogens with zero attached hydrogens (tertiary/aromatic N) is 1. The Labute approximate surface area is 73.3 Å². The molecule has 0 radical (unpaired) electrons. The molecule has 5 heteroatoms. The highest BCUT2D eigenvalue weighted by Crippen LogP contribution is 2.28. The zero-order valence-corrected chi connectivity index (χ0v) is 7.10. The minimum Gasteiger partial charge on any atom is -0.476 e. The number of carboxylic acids is 1. The van der Waals surface area contributed by atoms with Crippen molar-refractivity contribution in [1.82, 2.24) is 4.98 Å². The first-order chi connectivity index (χ1) is 5.77. The third kappa shape index (κ3) is 1.40. The lowest BCUT2D eigenvalue weighted by Gasteiger charge is -1.99. The first-order valence-electron chi connectivity index (χ1n) is 3.70. The van der Waals surface area contributed by atoms with Crippen molar-refractivity contribution in [3.05, 3.63) is 11.2 Å². The Morgan fingerprint density at radius 3 is 3.08 bits per heavy atom. The van der Waals surface area contributed by atoms with Gasteiger partial charge in [0.15, 0.2) is 5.69 Å². The molecule has 1 fully saturated rings. The number of hydrogen-bond acceptors (Lipinski definition) is 4. The summed E-state index contributed by atoms with van der Waals surface area (Å²) >= 11 is 1.34. The zero-order chi connectivity index (χ0) is 8.55. The Bertz CT molecular complexity index is 306. The lowest BCUT2D eigenvalue weighted by molar-refractivity contribution is 0.0692. The van der Waals surface area contributed by atoms with Crippen LogP contribution in [0.25, 0.3) is 0 Å². The van der Waals surface area contributed by atoms with Crippen molar-refractivity contribution in [3.8, 4) is 0 Å². The summed E-state index contributed by atoms with van der Waals surface area (Å²) in [5, 5.41) is 12.5. The van der Waals surface area contributed by atoms with Crippen LogP contribution >= 0.6 is 11.3 Å². The van der Waals surface area contributed by atoms with Gasteiger partial charge in [0, 0.05) is 6.04 Å². The predicted molar refractivity (Wildman–Crippen MR) is 45.7 cm³/mol. The van der Waals surface area contributed by atoms with Gasteiger partial charge in [0.05, 0.1) is 5.51 Å². The topological polar surface area (TPSA) is 62.2 Å². The summed E-state index contributed by atoms with van der Waals surface area (Å²) in [6, 6.07) is 0.476. The van der Waals surface area contributed by atoms with Crippen molar-refractivity contribution < 1.29 is 9.90 Å². The molecule has 64 valence electrons. The molecule has 2 rings (SSSR count). The van der Waals surface area contributed by atoms with E-state index in [0.717, 1.165) is 12.8 Å². The SMILES string of the molecule is O=C(O)c1ncsc1NC1CC1. The van der Waals surface area contributed by atoms with Crippen LogP contribution in [0.4, 0.5) is 5.00 Å². The standard InChI is InChI=1S/C7H8N2O2S/c10-7(11)5-6(12-3-8-5)9-4-1-2-4/h3-4,9H,1-2H2,(H,10,11). The smallest absolute Gasteiger partial charge is 0.357 e. The minimum absolute atomic E-state index is 0.145. The van der Waals surface area contributed by atoms with Crippen LogP contribution in [0.1, 0.15) is 23.3 Å². The largest absolute Gasteiger partial charge is 0.476 e. The number of aromatic nitrogens is 1. The minimum atomic E-state index is -0.959. The van der Waals surface area contributed by atoms with Crippen LogP contribution in [-0.2, 0) is 0 Å². The summed E-state index contributed by atoms with van der Waals surface area (Å²) in [5.41, 5.74) is 1.70. The lowest BCUT2D eigenvalue weighted by Crippen LogP contribution is -2.05. The summed E-state index contributed by atoms with van der Waals surface area (Å²) in [5.74, 6) is -0.959. The summed E-state index contributed by atoms with van der Waals surface area (Å²) in [6.45, 7) is 0. The summed E-state index contributed by atoms with van der Waals surface area (Å²) in [6.07, 6.45) is 2.27. The van der Waals surface area contributed by atoms with Gasteiger partial charge < -0.3 is 10.4 Å². The number of thiazole rings is 1. The normalized spacial score (nSPS) is 16.0. The number of nitrogens with one attached hydrogen (secondary N) is 1. The maximum absolute atomic E-state index is 10.6. The van der Waals surface area contributed by atoms with E-state index in [0.29, 0.717) is 11.0 Å². The highest BCUT2D eigenvalue weighted by atomic mass is 32.1. The van der Waals surface area contributed by atoms with Gasteiger partial charge in [0.2, 0.25) is 0 Å². The number of carboxylic acid groups (broad SMARTS) is 1. The van der Waals surface area contributed by atoms with E-state index in [4.69, 9.17) is 5.11 Å². The van der Waals surface area contributed by atoms with E-state index in [1.165, 1.54) is 11.3 Å². The van der Waals surface area contributed by atoms with Crippen LogP contribution in [0.15, 0.2) is 5.51 Å². The van der Waals surface area contributed by atoms with Crippen LogP contribution < -0.4 is 5.32 Å². The van der Waals surface area contributed by atoms with Crippen molar-refractivity contribution in [2.45, 2.75) is 18.9 Å². The number of aromatic carboxylic acids is 1. The first kappa shape index (κ1) is 7.54. The summed E-state index contributed by atoms with van der Waals surface area (Å²) in [7, 11) is 0. The number of rotatable bonds is 3. The highest BCUT2D eigenvalue weighted by molar-refractivity contribution is 7.14. The van der Waals surface area contributed by atoms with E-state index in [-0.39, 0.29) is 5.69 Å². The molecule has 1 saturated carbocycles. The van der Waals surface area contributed by atoms with Crippen LogP contribution in [0.3, 0.4) is 0 Å². The molecule has 0 spiro atoms. The Kier molecular flexibility index (Phi) is 1.73. The van der Waals surface area contributed by atoms with Gasteiger partial charge in [0.1, 0.15) is 5.00 Å². The van der Waals surface area contributed by atoms with Gasteiger partial charge >= 0.3 is 5.97 Å². The molecule has 1 aromatic rings. The average molecular weight is 184 g/mol. The molecule has 1 heterocycles. The van der Waals surface area contributed by atoms with Gasteiger partial charge in [-0.25, -0.2) is 9.78 Å². The molecule has 0 unspecified atom stereocenters. The quantitative estimate of drug-likeness (QED) is 0.745. The van der Waals surface area contributed by atoms with Crippen LogP contribution in [0, 0.1) is 0 Å².